The number of aromatic nitrogens is 1. The van der Waals surface area contributed by atoms with Gasteiger partial charge in [0.05, 0.1) is 28.3 Å². The van der Waals surface area contributed by atoms with E-state index in [4.69, 9.17) is 4.74 Å². The molecule has 0 atom stereocenters. The van der Waals surface area contributed by atoms with Crippen LogP contribution in [0.15, 0.2) is 29.3 Å². The summed E-state index contributed by atoms with van der Waals surface area (Å²) >= 11 is 2.82. The number of benzene rings is 1. The Morgan fingerprint density at radius 2 is 2.04 bits per heavy atom. The van der Waals surface area contributed by atoms with Crippen LogP contribution < -0.4 is 10.1 Å². The molecule has 1 saturated carbocycles. The van der Waals surface area contributed by atoms with Crippen LogP contribution >= 0.6 is 23.1 Å². The van der Waals surface area contributed by atoms with Crippen molar-refractivity contribution in [3.05, 3.63) is 29.1 Å². The first-order valence-electron chi connectivity index (χ1n) is 9.69. The summed E-state index contributed by atoms with van der Waals surface area (Å²) in [6.07, 6.45) is 5.77. The number of hydrogen-bond donors (Lipinski definition) is 1. The molecule has 1 aromatic heterocycles. The zero-order chi connectivity index (χ0) is 19.8. The molecule has 0 spiro atoms. The number of carbonyl (C=O) groups excluding carboxylic acids is 2. The van der Waals surface area contributed by atoms with Crippen molar-refractivity contribution in [2.45, 2.75) is 44.7 Å². The van der Waals surface area contributed by atoms with Crippen LogP contribution in [0.2, 0.25) is 0 Å². The van der Waals surface area contributed by atoms with E-state index in [1.54, 1.807) is 7.11 Å². The number of thiazole rings is 1. The van der Waals surface area contributed by atoms with Gasteiger partial charge in [0.2, 0.25) is 5.91 Å². The highest BCUT2D eigenvalue weighted by molar-refractivity contribution is 8.00. The SMILES string of the molecule is COCCn1c(=NC(=O)CSCC(=O)NC2CCCCC2)sc2ccccc21. The van der Waals surface area contributed by atoms with Crippen LogP contribution in [-0.2, 0) is 20.9 Å². The number of nitrogens with one attached hydrogen (secondary N) is 1. The molecule has 1 aliphatic rings. The molecule has 2 amide bonds. The van der Waals surface area contributed by atoms with Gasteiger partial charge in [-0.1, -0.05) is 42.7 Å². The van der Waals surface area contributed by atoms with Gasteiger partial charge in [-0.25, -0.2) is 0 Å². The lowest BCUT2D eigenvalue weighted by molar-refractivity contribution is -0.119. The lowest BCUT2D eigenvalue weighted by Crippen LogP contribution is -2.37. The first-order chi connectivity index (χ1) is 13.7. The van der Waals surface area contributed by atoms with Gasteiger partial charge < -0.3 is 14.6 Å². The molecule has 3 rings (SSSR count). The summed E-state index contributed by atoms with van der Waals surface area (Å²) in [5.74, 6) is 0.305. The Labute approximate surface area is 173 Å². The lowest BCUT2D eigenvalue weighted by atomic mass is 9.95. The number of amides is 2. The van der Waals surface area contributed by atoms with Crippen LogP contribution in [-0.4, -0.2) is 47.6 Å². The maximum absolute atomic E-state index is 12.3. The molecule has 1 heterocycles. The number of methoxy groups -OCH3 is 1. The molecule has 0 unspecified atom stereocenters. The third kappa shape index (κ3) is 5.93. The Kier molecular flexibility index (Phi) is 8.12. The Balaban J connectivity index is 1.57. The van der Waals surface area contributed by atoms with Crippen LogP contribution in [0.1, 0.15) is 32.1 Å². The number of para-hydroxylation sites is 1. The molecular weight excluding hydrogens is 394 g/mol. The minimum atomic E-state index is -0.215. The number of ether oxygens (including phenoxy) is 1. The Hall–Kier alpha value is -1.64. The third-order valence-corrected chi connectivity index (χ3v) is 6.73. The maximum atomic E-state index is 12.3. The van der Waals surface area contributed by atoms with E-state index in [0.29, 0.717) is 29.7 Å². The summed E-state index contributed by atoms with van der Waals surface area (Å²) < 4.78 is 8.29. The van der Waals surface area contributed by atoms with Crippen molar-refractivity contribution in [1.82, 2.24) is 9.88 Å². The first kappa shape index (κ1) is 21.1. The van der Waals surface area contributed by atoms with Gasteiger partial charge in [0.15, 0.2) is 4.80 Å². The summed E-state index contributed by atoms with van der Waals surface area (Å²) in [5, 5.41) is 3.07. The van der Waals surface area contributed by atoms with E-state index in [2.05, 4.69) is 10.3 Å². The molecule has 0 saturated heterocycles. The highest BCUT2D eigenvalue weighted by Gasteiger charge is 2.16. The van der Waals surface area contributed by atoms with Crippen molar-refractivity contribution in [3.8, 4) is 0 Å². The topological polar surface area (TPSA) is 72.7 Å². The van der Waals surface area contributed by atoms with E-state index >= 15 is 0 Å². The van der Waals surface area contributed by atoms with Crippen LogP contribution in [0.3, 0.4) is 0 Å². The van der Waals surface area contributed by atoms with Crippen molar-refractivity contribution in [3.63, 3.8) is 0 Å². The summed E-state index contributed by atoms with van der Waals surface area (Å²) in [4.78, 5) is 29.4. The molecule has 0 radical (unpaired) electrons. The lowest BCUT2D eigenvalue weighted by Gasteiger charge is -2.22. The molecule has 0 aliphatic heterocycles. The molecular formula is C20H27N3O3S2. The highest BCUT2D eigenvalue weighted by atomic mass is 32.2. The van der Waals surface area contributed by atoms with Crippen molar-refractivity contribution < 1.29 is 14.3 Å². The molecule has 6 nitrogen and oxygen atoms in total. The standard InChI is InChI=1S/C20H27N3O3S2/c1-26-12-11-23-16-9-5-6-10-17(16)28-20(23)22-19(25)14-27-13-18(24)21-15-7-3-2-4-8-15/h5-6,9-10,15H,2-4,7-8,11-14H2,1H3,(H,21,24). The number of carbonyl (C=O) groups is 2. The fraction of sp³-hybridized carbons (Fsp3) is 0.550. The van der Waals surface area contributed by atoms with E-state index < -0.39 is 0 Å². The van der Waals surface area contributed by atoms with E-state index in [-0.39, 0.29) is 17.6 Å². The fourth-order valence-corrected chi connectivity index (χ4v) is 5.07. The Morgan fingerprint density at radius 3 is 2.82 bits per heavy atom. The largest absolute Gasteiger partial charge is 0.383 e. The number of fused-ring (bicyclic) bond motifs is 1. The second kappa shape index (κ2) is 10.8. The average Bonchev–Trinajstić information content (AvgIpc) is 3.04. The van der Waals surface area contributed by atoms with Crippen molar-refractivity contribution >= 4 is 45.1 Å². The van der Waals surface area contributed by atoms with E-state index in [1.165, 1.54) is 42.4 Å². The molecule has 2 aromatic rings. The predicted octanol–water partition coefficient (Wildman–Crippen LogP) is 2.96. The maximum Gasteiger partial charge on any atom is 0.258 e. The summed E-state index contributed by atoms with van der Waals surface area (Å²) in [6.45, 7) is 1.20. The van der Waals surface area contributed by atoms with E-state index in [1.807, 2.05) is 28.8 Å². The Bertz CT molecular complexity index is 869. The average molecular weight is 422 g/mol. The fourth-order valence-electron chi connectivity index (χ4n) is 3.39. The molecule has 8 heteroatoms. The summed E-state index contributed by atoms with van der Waals surface area (Å²) in [6, 6.07) is 8.31. The summed E-state index contributed by atoms with van der Waals surface area (Å²) in [5.41, 5.74) is 1.05. The predicted molar refractivity (Wildman–Crippen MR) is 115 cm³/mol. The van der Waals surface area contributed by atoms with Gasteiger partial charge in [-0.15, -0.1) is 11.8 Å². The second-order valence-electron chi connectivity index (χ2n) is 6.90. The minimum absolute atomic E-state index is 0.0155. The number of thioether (sulfide) groups is 1. The van der Waals surface area contributed by atoms with Gasteiger partial charge in [0, 0.05) is 19.7 Å². The third-order valence-electron chi connectivity index (χ3n) is 4.76. The smallest absolute Gasteiger partial charge is 0.258 e. The number of hydrogen-bond acceptors (Lipinski definition) is 5. The van der Waals surface area contributed by atoms with Crippen molar-refractivity contribution in [1.29, 1.82) is 0 Å². The first-order valence-corrected chi connectivity index (χ1v) is 11.7. The monoisotopic (exact) mass is 421 g/mol. The van der Waals surface area contributed by atoms with Gasteiger partial charge in [0.1, 0.15) is 0 Å². The van der Waals surface area contributed by atoms with Crippen LogP contribution in [0, 0.1) is 0 Å². The molecule has 28 heavy (non-hydrogen) atoms. The van der Waals surface area contributed by atoms with Crippen LogP contribution in [0.25, 0.3) is 10.2 Å². The molecule has 1 aromatic carbocycles. The highest BCUT2D eigenvalue weighted by Crippen LogP contribution is 2.18. The summed E-state index contributed by atoms with van der Waals surface area (Å²) in [7, 11) is 1.66. The van der Waals surface area contributed by atoms with E-state index in [0.717, 1.165) is 23.1 Å². The normalized spacial score (nSPS) is 15.8. The van der Waals surface area contributed by atoms with Crippen LogP contribution in [0.5, 0.6) is 0 Å². The minimum Gasteiger partial charge on any atom is -0.383 e. The van der Waals surface area contributed by atoms with Crippen molar-refractivity contribution in [2.75, 3.05) is 25.2 Å². The molecule has 1 fully saturated rings. The van der Waals surface area contributed by atoms with Crippen molar-refractivity contribution in [2.24, 2.45) is 4.99 Å². The van der Waals surface area contributed by atoms with Gasteiger partial charge in [-0.3, -0.25) is 9.59 Å². The second-order valence-corrected chi connectivity index (χ2v) is 8.89. The number of nitrogens with zero attached hydrogens (tertiary/aromatic N) is 2. The van der Waals surface area contributed by atoms with E-state index in [9.17, 15) is 9.59 Å². The van der Waals surface area contributed by atoms with Crippen LogP contribution in [0.4, 0.5) is 0 Å². The zero-order valence-electron chi connectivity index (χ0n) is 16.2. The Morgan fingerprint density at radius 1 is 1.25 bits per heavy atom. The van der Waals surface area contributed by atoms with Gasteiger partial charge >= 0.3 is 0 Å². The zero-order valence-corrected chi connectivity index (χ0v) is 17.8. The quantitative estimate of drug-likeness (QED) is 0.711. The molecule has 1 N–H and O–H groups in total. The van der Waals surface area contributed by atoms with Gasteiger partial charge in [0.25, 0.3) is 5.91 Å². The number of rotatable bonds is 8. The molecule has 1 aliphatic carbocycles. The molecule has 152 valence electrons. The molecule has 0 bridgehead atoms. The van der Waals surface area contributed by atoms with Gasteiger partial charge in [-0.2, -0.15) is 4.99 Å². The van der Waals surface area contributed by atoms with Gasteiger partial charge in [-0.05, 0) is 25.0 Å².